The lowest BCUT2D eigenvalue weighted by atomic mass is 10.1. The van der Waals surface area contributed by atoms with Crippen molar-refractivity contribution >= 4 is 39.4 Å². The molecule has 1 unspecified atom stereocenters. The van der Waals surface area contributed by atoms with E-state index in [1.807, 2.05) is 13.0 Å². The molecule has 2 aromatic heterocycles. The summed E-state index contributed by atoms with van der Waals surface area (Å²) in [5.41, 5.74) is 9.93. The van der Waals surface area contributed by atoms with E-state index >= 15 is 0 Å². The number of carbonyl (C=O) groups is 2. The Kier molecular flexibility index (Phi) is 6.61. The fraction of sp³-hybridized carbons (Fsp3) is 0.133. The number of nitrogens with one attached hydrogen (secondary N) is 2. The second kappa shape index (κ2) is 10.4. The summed E-state index contributed by atoms with van der Waals surface area (Å²) in [7, 11) is -1.38. The summed E-state index contributed by atoms with van der Waals surface area (Å²) in [6.07, 6.45) is 3.13. The van der Waals surface area contributed by atoms with E-state index in [0.29, 0.717) is 44.9 Å². The molecular weight excluding hydrogens is 540 g/mol. The lowest BCUT2D eigenvalue weighted by Gasteiger charge is -2.11. The van der Waals surface area contributed by atoms with Crippen LogP contribution in [0.15, 0.2) is 72.9 Å². The molecule has 0 bridgehead atoms. The van der Waals surface area contributed by atoms with Gasteiger partial charge >= 0.3 is 0 Å². The molecule has 1 aliphatic carbocycles. The van der Waals surface area contributed by atoms with E-state index in [9.17, 15) is 13.8 Å². The van der Waals surface area contributed by atoms with Crippen molar-refractivity contribution in [2.24, 2.45) is 0 Å². The number of H-pyrrole nitrogens is 1. The van der Waals surface area contributed by atoms with E-state index in [1.165, 1.54) is 10.9 Å². The number of aromatic nitrogens is 3. The number of hydrogen-bond donors (Lipinski definition) is 3. The number of anilines is 1. The fourth-order valence-corrected chi connectivity index (χ4v) is 5.51. The number of ketones is 1. The van der Waals surface area contributed by atoms with Gasteiger partial charge in [0.15, 0.2) is 0 Å². The van der Waals surface area contributed by atoms with Crippen molar-refractivity contribution in [1.82, 2.24) is 19.5 Å². The van der Waals surface area contributed by atoms with Gasteiger partial charge < -0.3 is 15.5 Å². The SMILES string of the molecule is Cc1cc(Oc2cccc(C#N)c2)ccc1-n1ncc(C(=O)c2cc3cc(C(=O)NS(=O)C4CC4)ccc3[nH]2)c1N. The number of aryl methyl sites for hydroxylation is 1. The minimum atomic E-state index is -1.38. The Labute approximate surface area is 237 Å². The first-order chi connectivity index (χ1) is 19.8. The Hall–Kier alpha value is -5.21. The summed E-state index contributed by atoms with van der Waals surface area (Å²) in [6, 6.07) is 21.0. The summed E-state index contributed by atoms with van der Waals surface area (Å²) >= 11 is 0. The highest BCUT2D eigenvalue weighted by molar-refractivity contribution is 7.84. The van der Waals surface area contributed by atoms with Crippen molar-refractivity contribution < 1.29 is 18.5 Å². The first kappa shape index (κ1) is 26.0. The predicted octanol–water partition coefficient (Wildman–Crippen LogP) is 4.70. The Bertz CT molecular complexity index is 1910. The van der Waals surface area contributed by atoms with Gasteiger partial charge in [-0.25, -0.2) is 8.89 Å². The van der Waals surface area contributed by atoms with Gasteiger partial charge in [0.2, 0.25) is 5.78 Å². The Morgan fingerprint density at radius 3 is 2.68 bits per heavy atom. The lowest BCUT2D eigenvalue weighted by molar-refractivity contribution is 0.0981. The number of benzene rings is 3. The molecule has 1 atom stereocenters. The van der Waals surface area contributed by atoms with Crippen molar-refractivity contribution in [3.05, 3.63) is 101 Å². The van der Waals surface area contributed by atoms with Crippen LogP contribution in [0, 0.1) is 18.3 Å². The lowest BCUT2D eigenvalue weighted by Crippen LogP contribution is -2.27. The first-order valence-electron chi connectivity index (χ1n) is 12.8. The second-order valence-corrected chi connectivity index (χ2v) is 11.3. The summed E-state index contributed by atoms with van der Waals surface area (Å²) in [5, 5.41) is 14.2. The topological polar surface area (TPSA) is 156 Å². The monoisotopic (exact) mass is 564 g/mol. The largest absolute Gasteiger partial charge is 0.457 e. The molecule has 11 heteroatoms. The minimum absolute atomic E-state index is 0.0357. The van der Waals surface area contributed by atoms with Crippen LogP contribution in [0.1, 0.15) is 50.4 Å². The molecule has 41 heavy (non-hydrogen) atoms. The molecule has 0 aliphatic heterocycles. The average Bonchev–Trinajstić information content (AvgIpc) is 3.63. The maximum atomic E-state index is 13.4. The number of carbonyl (C=O) groups excluding carboxylic acids is 2. The number of amides is 1. The van der Waals surface area contributed by atoms with E-state index in [1.54, 1.807) is 60.7 Å². The molecule has 204 valence electrons. The van der Waals surface area contributed by atoms with Crippen molar-refractivity contribution in [1.29, 1.82) is 5.26 Å². The van der Waals surface area contributed by atoms with Gasteiger partial charge in [0.05, 0.1) is 40.0 Å². The molecule has 1 amide bonds. The van der Waals surface area contributed by atoms with Crippen LogP contribution in [0.2, 0.25) is 0 Å². The van der Waals surface area contributed by atoms with Gasteiger partial charge in [-0.2, -0.15) is 10.4 Å². The smallest absolute Gasteiger partial charge is 0.262 e. The van der Waals surface area contributed by atoms with E-state index < -0.39 is 16.9 Å². The van der Waals surface area contributed by atoms with Gasteiger partial charge in [0, 0.05) is 16.5 Å². The van der Waals surface area contributed by atoms with Gasteiger partial charge in [-0.1, -0.05) is 6.07 Å². The predicted molar refractivity (Wildman–Crippen MR) is 154 cm³/mol. The summed E-state index contributed by atoms with van der Waals surface area (Å²) in [5.74, 6) is 0.532. The number of ether oxygens (including phenoxy) is 1. The average molecular weight is 565 g/mol. The van der Waals surface area contributed by atoms with Gasteiger partial charge in [-0.15, -0.1) is 0 Å². The minimum Gasteiger partial charge on any atom is -0.457 e. The number of nitrogens with two attached hydrogens (primary N) is 1. The molecule has 1 aliphatic rings. The van der Waals surface area contributed by atoms with E-state index in [2.05, 4.69) is 20.9 Å². The van der Waals surface area contributed by atoms with E-state index in [-0.39, 0.29) is 22.4 Å². The zero-order chi connectivity index (χ0) is 28.7. The maximum Gasteiger partial charge on any atom is 0.262 e. The molecule has 0 saturated heterocycles. The van der Waals surface area contributed by atoms with Crippen LogP contribution >= 0.6 is 0 Å². The first-order valence-corrected chi connectivity index (χ1v) is 14.0. The third kappa shape index (κ3) is 5.20. The number of aromatic amines is 1. The summed E-state index contributed by atoms with van der Waals surface area (Å²) in [4.78, 5) is 29.0. The van der Waals surface area contributed by atoms with Crippen LogP contribution in [0.25, 0.3) is 16.6 Å². The molecule has 1 saturated carbocycles. The van der Waals surface area contributed by atoms with Crippen LogP contribution in [-0.4, -0.2) is 35.9 Å². The van der Waals surface area contributed by atoms with Crippen molar-refractivity contribution in [3.8, 4) is 23.3 Å². The fourth-order valence-electron chi connectivity index (χ4n) is 4.48. The Morgan fingerprint density at radius 1 is 1.12 bits per heavy atom. The molecule has 0 radical (unpaired) electrons. The summed E-state index contributed by atoms with van der Waals surface area (Å²) < 4.78 is 22.0. The highest BCUT2D eigenvalue weighted by atomic mass is 32.2. The van der Waals surface area contributed by atoms with Gasteiger partial charge in [-0.3, -0.25) is 14.3 Å². The molecular formula is C30H24N6O4S. The zero-order valence-electron chi connectivity index (χ0n) is 21.9. The third-order valence-corrected chi connectivity index (χ3v) is 8.26. The number of nitriles is 1. The molecule has 0 spiro atoms. The summed E-state index contributed by atoms with van der Waals surface area (Å²) in [6.45, 7) is 1.88. The molecule has 10 nitrogen and oxygen atoms in total. The number of fused-ring (bicyclic) bond motifs is 1. The van der Waals surface area contributed by atoms with Gasteiger partial charge in [-0.05, 0) is 86.0 Å². The highest BCUT2D eigenvalue weighted by Gasteiger charge is 2.30. The molecule has 1 fully saturated rings. The van der Waals surface area contributed by atoms with Crippen LogP contribution in [0.4, 0.5) is 5.82 Å². The Balaban J connectivity index is 1.22. The molecule has 5 aromatic rings. The van der Waals surface area contributed by atoms with Crippen LogP contribution in [0.5, 0.6) is 11.5 Å². The zero-order valence-corrected chi connectivity index (χ0v) is 22.7. The molecule has 2 heterocycles. The number of hydrogen-bond acceptors (Lipinski definition) is 7. The number of nitrogens with zero attached hydrogens (tertiary/aromatic N) is 3. The van der Waals surface area contributed by atoms with Gasteiger partial charge in [0.1, 0.15) is 28.3 Å². The van der Waals surface area contributed by atoms with E-state index in [0.717, 1.165) is 18.4 Å². The molecule has 3 aromatic carbocycles. The standard InChI is InChI=1S/C30H24N6O4S/c1-17-11-22(40-21-4-2-3-18(12-21)15-31)6-10-27(17)36-29(32)24(16-33-36)28(37)26-14-20-13-19(5-9-25(20)34-26)30(38)35-41(39)23-7-8-23/h2-6,9-14,16,23,34H,7-8,32H2,1H3,(H,35,38). The maximum absolute atomic E-state index is 13.4. The molecule has 6 rings (SSSR count). The van der Waals surface area contributed by atoms with E-state index in [4.69, 9.17) is 15.7 Å². The van der Waals surface area contributed by atoms with Crippen LogP contribution < -0.4 is 15.2 Å². The van der Waals surface area contributed by atoms with Crippen LogP contribution in [0.3, 0.4) is 0 Å². The second-order valence-electron chi connectivity index (χ2n) is 9.79. The Morgan fingerprint density at radius 2 is 1.93 bits per heavy atom. The van der Waals surface area contributed by atoms with Gasteiger partial charge in [0.25, 0.3) is 5.91 Å². The van der Waals surface area contributed by atoms with Crippen LogP contribution in [-0.2, 0) is 11.0 Å². The van der Waals surface area contributed by atoms with Crippen molar-refractivity contribution in [3.63, 3.8) is 0 Å². The number of nitrogen functional groups attached to an aromatic ring is 1. The van der Waals surface area contributed by atoms with Crippen molar-refractivity contribution in [2.45, 2.75) is 25.0 Å². The third-order valence-electron chi connectivity index (χ3n) is 6.79. The normalized spacial score (nSPS) is 13.5. The highest BCUT2D eigenvalue weighted by Crippen LogP contribution is 2.29. The quantitative estimate of drug-likeness (QED) is 0.231. The molecule has 4 N–H and O–H groups in total. The number of rotatable bonds is 8. The van der Waals surface area contributed by atoms with Crippen molar-refractivity contribution in [2.75, 3.05) is 5.73 Å².